The van der Waals surface area contributed by atoms with E-state index in [1.165, 1.54) is 12.1 Å². The predicted molar refractivity (Wildman–Crippen MR) is 121 cm³/mol. The molecule has 11 heteroatoms. The fraction of sp³-hybridized carbons (Fsp3) is 0.444. The first-order valence-corrected chi connectivity index (χ1v) is 9.28. The Balaban J connectivity index is 0.00000420. The number of nitrogens with zero attached hydrogens (tertiary/aromatic N) is 2. The van der Waals surface area contributed by atoms with Crippen molar-refractivity contribution >= 4 is 53.1 Å². The molecule has 1 atom stereocenters. The van der Waals surface area contributed by atoms with Crippen LogP contribution >= 0.6 is 47.2 Å². The SMILES string of the molecule is CN=C(NCc1cc(Cl)cc(Cl)c1OC(F)F)NCC(C)c1c(C)noc1C.I. The quantitative estimate of drug-likeness (QED) is 0.273. The maximum Gasteiger partial charge on any atom is 0.387 e. The van der Waals surface area contributed by atoms with Gasteiger partial charge in [-0.05, 0) is 26.0 Å². The van der Waals surface area contributed by atoms with Crippen LogP contribution in [0.4, 0.5) is 8.78 Å². The molecule has 2 N–H and O–H groups in total. The molecule has 0 saturated carbocycles. The lowest BCUT2D eigenvalue weighted by molar-refractivity contribution is -0.0504. The van der Waals surface area contributed by atoms with Crippen molar-refractivity contribution in [3.63, 3.8) is 0 Å². The first-order valence-electron chi connectivity index (χ1n) is 8.52. The van der Waals surface area contributed by atoms with Crippen LogP contribution in [0.5, 0.6) is 5.75 Å². The minimum absolute atomic E-state index is 0. The molecule has 1 unspecified atom stereocenters. The Morgan fingerprint density at radius 2 is 1.97 bits per heavy atom. The smallest absolute Gasteiger partial charge is 0.387 e. The summed E-state index contributed by atoms with van der Waals surface area (Å²) in [4.78, 5) is 4.14. The highest BCUT2D eigenvalue weighted by Crippen LogP contribution is 2.33. The Labute approximate surface area is 195 Å². The van der Waals surface area contributed by atoms with E-state index >= 15 is 0 Å². The largest absolute Gasteiger partial charge is 0.433 e. The molecule has 0 aliphatic rings. The molecule has 0 aliphatic heterocycles. The highest BCUT2D eigenvalue weighted by atomic mass is 127. The van der Waals surface area contributed by atoms with Crippen LogP contribution in [0.15, 0.2) is 21.6 Å². The van der Waals surface area contributed by atoms with Crippen molar-refractivity contribution in [3.05, 3.63) is 44.8 Å². The maximum atomic E-state index is 12.7. The van der Waals surface area contributed by atoms with Crippen molar-refractivity contribution in [2.24, 2.45) is 4.99 Å². The van der Waals surface area contributed by atoms with Crippen LogP contribution in [0, 0.1) is 13.8 Å². The number of benzene rings is 1. The summed E-state index contributed by atoms with van der Waals surface area (Å²) < 4.78 is 35.1. The molecule has 0 amide bonds. The molecule has 0 radical (unpaired) electrons. The summed E-state index contributed by atoms with van der Waals surface area (Å²) in [5.74, 6) is 1.27. The number of rotatable bonds is 7. The number of alkyl halides is 2. The Hall–Kier alpha value is -1.33. The number of hydrogen-bond donors (Lipinski definition) is 2. The molecule has 2 aromatic rings. The van der Waals surface area contributed by atoms with Gasteiger partial charge in [0, 0.05) is 42.2 Å². The van der Waals surface area contributed by atoms with Crippen molar-refractivity contribution in [1.82, 2.24) is 15.8 Å². The number of nitrogens with one attached hydrogen (secondary N) is 2. The van der Waals surface area contributed by atoms with Crippen molar-refractivity contribution in [2.75, 3.05) is 13.6 Å². The van der Waals surface area contributed by atoms with E-state index in [0.29, 0.717) is 23.1 Å². The predicted octanol–water partition coefficient (Wildman–Crippen LogP) is 5.29. The molecular formula is C18H23Cl2F2IN4O2. The summed E-state index contributed by atoms with van der Waals surface area (Å²) in [7, 11) is 1.61. The maximum absolute atomic E-state index is 12.7. The Bertz CT molecular complexity index is 830. The first kappa shape index (κ1) is 25.7. The standard InChI is InChI=1S/C18H22Cl2F2N4O2.HI/c1-9(15-10(2)26-28-11(15)3)7-24-18(23-4)25-8-12-5-13(19)6-14(20)16(12)27-17(21)22;/h5-6,9,17H,7-8H2,1-4H3,(H2,23,24,25);1H. The molecule has 0 spiro atoms. The summed E-state index contributed by atoms with van der Waals surface area (Å²) in [5.41, 5.74) is 2.27. The number of aliphatic imine (C=N–C) groups is 1. The van der Waals surface area contributed by atoms with Gasteiger partial charge in [0.2, 0.25) is 0 Å². The fourth-order valence-electron chi connectivity index (χ4n) is 2.91. The van der Waals surface area contributed by atoms with E-state index < -0.39 is 6.61 Å². The Morgan fingerprint density at radius 3 is 2.52 bits per heavy atom. The van der Waals surface area contributed by atoms with E-state index in [4.69, 9.17) is 27.7 Å². The molecule has 0 aliphatic carbocycles. The van der Waals surface area contributed by atoms with Crippen LogP contribution in [0.25, 0.3) is 0 Å². The van der Waals surface area contributed by atoms with Crippen molar-refractivity contribution in [3.8, 4) is 5.75 Å². The monoisotopic (exact) mass is 562 g/mol. The zero-order valence-electron chi connectivity index (χ0n) is 16.4. The molecular weight excluding hydrogens is 540 g/mol. The second-order valence-electron chi connectivity index (χ2n) is 6.20. The summed E-state index contributed by atoms with van der Waals surface area (Å²) in [6.45, 7) is 3.51. The summed E-state index contributed by atoms with van der Waals surface area (Å²) >= 11 is 12.0. The van der Waals surface area contributed by atoms with Crippen molar-refractivity contribution in [2.45, 2.75) is 39.8 Å². The van der Waals surface area contributed by atoms with Gasteiger partial charge in [0.1, 0.15) is 11.5 Å². The van der Waals surface area contributed by atoms with Gasteiger partial charge in [-0.15, -0.1) is 24.0 Å². The normalized spacial score (nSPS) is 12.5. The molecule has 6 nitrogen and oxygen atoms in total. The van der Waals surface area contributed by atoms with E-state index in [1.54, 1.807) is 7.05 Å². The number of aryl methyl sites for hydroxylation is 2. The minimum Gasteiger partial charge on any atom is -0.433 e. The van der Waals surface area contributed by atoms with Crippen LogP contribution in [0.3, 0.4) is 0 Å². The molecule has 0 bridgehead atoms. The molecule has 0 saturated heterocycles. The molecule has 0 fully saturated rings. The summed E-state index contributed by atoms with van der Waals surface area (Å²) in [6, 6.07) is 2.86. The highest BCUT2D eigenvalue weighted by Gasteiger charge is 2.18. The van der Waals surface area contributed by atoms with E-state index in [2.05, 4.69) is 25.5 Å². The summed E-state index contributed by atoms with van der Waals surface area (Å²) in [6.07, 6.45) is 0. The van der Waals surface area contributed by atoms with Gasteiger partial charge in [0.25, 0.3) is 0 Å². The Morgan fingerprint density at radius 1 is 1.28 bits per heavy atom. The lowest BCUT2D eigenvalue weighted by Crippen LogP contribution is -2.38. The van der Waals surface area contributed by atoms with Gasteiger partial charge in [0.15, 0.2) is 5.96 Å². The molecule has 1 heterocycles. The minimum atomic E-state index is -2.99. The van der Waals surface area contributed by atoms with Crippen LogP contribution in [0.2, 0.25) is 10.0 Å². The molecule has 1 aromatic heterocycles. The van der Waals surface area contributed by atoms with E-state index in [0.717, 1.165) is 17.0 Å². The molecule has 1 aromatic carbocycles. The number of aromatic nitrogens is 1. The third-order valence-corrected chi connectivity index (χ3v) is 4.62. The number of guanidine groups is 1. The van der Waals surface area contributed by atoms with Crippen LogP contribution in [-0.2, 0) is 6.54 Å². The van der Waals surface area contributed by atoms with E-state index in [1.807, 2.05) is 20.8 Å². The zero-order chi connectivity index (χ0) is 20.8. The lowest BCUT2D eigenvalue weighted by atomic mass is 10.00. The van der Waals surface area contributed by atoms with Gasteiger partial charge in [-0.3, -0.25) is 4.99 Å². The first-order chi connectivity index (χ1) is 13.2. The van der Waals surface area contributed by atoms with Crippen molar-refractivity contribution < 1.29 is 18.0 Å². The van der Waals surface area contributed by atoms with E-state index in [9.17, 15) is 8.78 Å². The molecule has 162 valence electrons. The summed E-state index contributed by atoms with van der Waals surface area (Å²) in [5, 5.41) is 10.5. The highest BCUT2D eigenvalue weighted by molar-refractivity contribution is 14.0. The number of ether oxygens (including phenoxy) is 1. The fourth-order valence-corrected chi connectivity index (χ4v) is 3.49. The van der Waals surface area contributed by atoms with Crippen LogP contribution < -0.4 is 15.4 Å². The van der Waals surface area contributed by atoms with E-state index in [-0.39, 0.29) is 47.2 Å². The number of hydrogen-bond acceptors (Lipinski definition) is 4. The third kappa shape index (κ3) is 7.14. The van der Waals surface area contributed by atoms with Gasteiger partial charge in [-0.25, -0.2) is 0 Å². The topological polar surface area (TPSA) is 71.7 Å². The van der Waals surface area contributed by atoms with Crippen LogP contribution in [0.1, 0.15) is 35.4 Å². The van der Waals surface area contributed by atoms with Gasteiger partial charge >= 0.3 is 6.61 Å². The number of halogens is 5. The van der Waals surface area contributed by atoms with Crippen molar-refractivity contribution in [1.29, 1.82) is 0 Å². The Kier molecular flexibility index (Phi) is 10.4. The van der Waals surface area contributed by atoms with Gasteiger partial charge < -0.3 is 19.9 Å². The van der Waals surface area contributed by atoms with Crippen LogP contribution in [-0.4, -0.2) is 31.3 Å². The lowest BCUT2D eigenvalue weighted by Gasteiger charge is -2.18. The second-order valence-corrected chi connectivity index (χ2v) is 7.04. The zero-order valence-corrected chi connectivity index (χ0v) is 20.2. The van der Waals surface area contributed by atoms with Gasteiger partial charge in [-0.2, -0.15) is 8.78 Å². The average molecular weight is 563 g/mol. The molecule has 29 heavy (non-hydrogen) atoms. The second kappa shape index (κ2) is 11.8. The average Bonchev–Trinajstić information content (AvgIpc) is 2.95. The molecule has 2 rings (SSSR count). The van der Waals surface area contributed by atoms with Gasteiger partial charge in [-0.1, -0.05) is 35.3 Å². The third-order valence-electron chi connectivity index (χ3n) is 4.12. The van der Waals surface area contributed by atoms with Gasteiger partial charge in [0.05, 0.1) is 10.7 Å².